The number of halogens is 1. The molecule has 0 spiro atoms. The zero-order valence-electron chi connectivity index (χ0n) is 8.85. The number of anilines is 1. The number of hydrogen-bond acceptors (Lipinski definition) is 3. The van der Waals surface area contributed by atoms with Gasteiger partial charge in [-0.05, 0) is 24.3 Å². The van der Waals surface area contributed by atoms with Gasteiger partial charge in [-0.15, -0.1) is 0 Å². The molecule has 0 bridgehead atoms. The predicted octanol–water partition coefficient (Wildman–Crippen LogP) is 3.07. The van der Waals surface area contributed by atoms with E-state index in [9.17, 15) is 4.39 Å². The fraction of sp³-hybridized carbons (Fsp3) is 0. The zero-order valence-corrected chi connectivity index (χ0v) is 8.85. The van der Waals surface area contributed by atoms with E-state index in [1.165, 1.54) is 18.2 Å². The number of nitrogens with two attached hydrogens (primary N) is 1. The van der Waals surface area contributed by atoms with E-state index in [2.05, 4.69) is 0 Å². The summed E-state index contributed by atoms with van der Waals surface area (Å²) in [5.41, 5.74) is 6.36. The lowest BCUT2D eigenvalue weighted by Crippen LogP contribution is -1.92. The Balaban J connectivity index is 2.25. The van der Waals surface area contributed by atoms with E-state index in [1.54, 1.807) is 24.3 Å². The smallest absolute Gasteiger partial charge is 0.130 e. The van der Waals surface area contributed by atoms with Gasteiger partial charge < -0.3 is 10.5 Å². The van der Waals surface area contributed by atoms with Crippen molar-refractivity contribution in [3.8, 4) is 17.6 Å². The molecule has 84 valence electrons. The summed E-state index contributed by atoms with van der Waals surface area (Å²) >= 11 is 0. The number of ether oxygens (including phenoxy) is 1. The molecule has 0 heterocycles. The van der Waals surface area contributed by atoms with E-state index in [0.29, 0.717) is 22.7 Å². The van der Waals surface area contributed by atoms with E-state index in [1.807, 2.05) is 6.07 Å². The fourth-order valence-corrected chi connectivity index (χ4v) is 1.37. The molecule has 0 fully saturated rings. The van der Waals surface area contributed by atoms with Gasteiger partial charge in [0, 0.05) is 12.1 Å². The van der Waals surface area contributed by atoms with Crippen LogP contribution in [0.4, 0.5) is 10.1 Å². The number of nitriles is 1. The Hall–Kier alpha value is -2.54. The average molecular weight is 228 g/mol. The Bertz CT molecular complexity index is 590. The molecular weight excluding hydrogens is 219 g/mol. The summed E-state index contributed by atoms with van der Waals surface area (Å²) in [6.45, 7) is 0. The molecule has 0 amide bonds. The SMILES string of the molecule is N#Cc1ccc(Oc2cccc(F)c2)cc1N. The second kappa shape index (κ2) is 4.54. The van der Waals surface area contributed by atoms with Crippen molar-refractivity contribution in [1.29, 1.82) is 5.26 Å². The number of rotatable bonds is 2. The van der Waals surface area contributed by atoms with Crippen LogP contribution in [0.25, 0.3) is 0 Å². The van der Waals surface area contributed by atoms with Gasteiger partial charge in [0.1, 0.15) is 23.4 Å². The maximum atomic E-state index is 12.9. The van der Waals surface area contributed by atoms with Crippen LogP contribution >= 0.6 is 0 Å². The highest BCUT2D eigenvalue weighted by Gasteiger charge is 2.02. The minimum Gasteiger partial charge on any atom is -0.457 e. The highest BCUT2D eigenvalue weighted by Crippen LogP contribution is 2.25. The van der Waals surface area contributed by atoms with Crippen LogP contribution in [-0.2, 0) is 0 Å². The molecule has 0 unspecified atom stereocenters. The summed E-state index contributed by atoms with van der Waals surface area (Å²) in [5.74, 6) is 0.477. The second-order valence-corrected chi connectivity index (χ2v) is 3.42. The van der Waals surface area contributed by atoms with Gasteiger partial charge in [-0.1, -0.05) is 6.07 Å². The van der Waals surface area contributed by atoms with Crippen molar-refractivity contribution in [3.05, 3.63) is 53.8 Å². The van der Waals surface area contributed by atoms with E-state index in [0.717, 1.165) is 0 Å². The van der Waals surface area contributed by atoms with Crippen LogP contribution in [0.15, 0.2) is 42.5 Å². The second-order valence-electron chi connectivity index (χ2n) is 3.42. The van der Waals surface area contributed by atoms with Crippen molar-refractivity contribution in [2.24, 2.45) is 0 Å². The number of hydrogen-bond donors (Lipinski definition) is 1. The first kappa shape index (κ1) is 11.0. The maximum Gasteiger partial charge on any atom is 0.130 e. The molecule has 3 nitrogen and oxygen atoms in total. The molecule has 0 aliphatic heterocycles. The molecule has 0 aromatic heterocycles. The molecular formula is C13H9FN2O. The van der Waals surface area contributed by atoms with Crippen LogP contribution in [0.5, 0.6) is 11.5 Å². The van der Waals surface area contributed by atoms with E-state index in [-0.39, 0.29) is 5.82 Å². The van der Waals surface area contributed by atoms with E-state index >= 15 is 0 Å². The van der Waals surface area contributed by atoms with Crippen molar-refractivity contribution in [2.75, 3.05) is 5.73 Å². The largest absolute Gasteiger partial charge is 0.457 e. The quantitative estimate of drug-likeness (QED) is 0.803. The Kier molecular flexibility index (Phi) is 2.93. The minimum absolute atomic E-state index is 0.335. The number of benzene rings is 2. The van der Waals surface area contributed by atoms with Gasteiger partial charge in [-0.3, -0.25) is 0 Å². The summed E-state index contributed by atoms with van der Waals surface area (Å²) in [6.07, 6.45) is 0. The van der Waals surface area contributed by atoms with Gasteiger partial charge in [0.25, 0.3) is 0 Å². The molecule has 2 rings (SSSR count). The average Bonchev–Trinajstić information content (AvgIpc) is 2.29. The van der Waals surface area contributed by atoms with Crippen LogP contribution in [0.1, 0.15) is 5.56 Å². The third-order valence-corrected chi connectivity index (χ3v) is 2.18. The maximum absolute atomic E-state index is 12.9. The molecule has 0 saturated heterocycles. The number of nitrogens with zero attached hydrogens (tertiary/aromatic N) is 1. The zero-order chi connectivity index (χ0) is 12.3. The molecule has 0 radical (unpaired) electrons. The first-order chi connectivity index (χ1) is 8.19. The monoisotopic (exact) mass is 228 g/mol. The van der Waals surface area contributed by atoms with Crippen LogP contribution in [0, 0.1) is 17.1 Å². The normalized spacial score (nSPS) is 9.65. The van der Waals surface area contributed by atoms with E-state index in [4.69, 9.17) is 15.7 Å². The lowest BCUT2D eigenvalue weighted by Gasteiger charge is -2.06. The first-order valence-corrected chi connectivity index (χ1v) is 4.92. The van der Waals surface area contributed by atoms with Crippen molar-refractivity contribution < 1.29 is 9.13 Å². The molecule has 0 saturated carbocycles. The molecule has 2 N–H and O–H groups in total. The van der Waals surface area contributed by atoms with Gasteiger partial charge in [0.05, 0.1) is 11.3 Å². The molecule has 0 aliphatic carbocycles. The fourth-order valence-electron chi connectivity index (χ4n) is 1.37. The van der Waals surface area contributed by atoms with Gasteiger partial charge in [-0.25, -0.2) is 4.39 Å². The molecule has 2 aromatic rings. The topological polar surface area (TPSA) is 59.0 Å². The van der Waals surface area contributed by atoms with Crippen molar-refractivity contribution in [1.82, 2.24) is 0 Å². The minimum atomic E-state index is -0.371. The van der Waals surface area contributed by atoms with E-state index < -0.39 is 0 Å². The standard InChI is InChI=1S/C13H9FN2O/c14-10-2-1-3-11(6-10)17-12-5-4-9(8-15)13(16)7-12/h1-7H,16H2. The van der Waals surface area contributed by atoms with Crippen molar-refractivity contribution in [3.63, 3.8) is 0 Å². The van der Waals surface area contributed by atoms with Crippen LogP contribution in [-0.4, -0.2) is 0 Å². The molecule has 4 heteroatoms. The lowest BCUT2D eigenvalue weighted by molar-refractivity contribution is 0.477. The summed E-state index contributed by atoms with van der Waals surface area (Å²) in [7, 11) is 0. The van der Waals surface area contributed by atoms with Crippen LogP contribution < -0.4 is 10.5 Å². The summed E-state index contributed by atoms with van der Waals surface area (Å²) < 4.78 is 18.3. The van der Waals surface area contributed by atoms with Crippen LogP contribution in [0.3, 0.4) is 0 Å². The van der Waals surface area contributed by atoms with Gasteiger partial charge >= 0.3 is 0 Å². The predicted molar refractivity (Wildman–Crippen MR) is 62.0 cm³/mol. The Labute approximate surface area is 97.9 Å². The summed E-state index contributed by atoms with van der Waals surface area (Å²) in [5, 5.41) is 8.72. The molecule has 17 heavy (non-hydrogen) atoms. The molecule has 0 aliphatic rings. The Morgan fingerprint density at radius 3 is 2.53 bits per heavy atom. The highest BCUT2D eigenvalue weighted by atomic mass is 19.1. The number of nitrogen functional groups attached to an aromatic ring is 1. The lowest BCUT2D eigenvalue weighted by atomic mass is 10.2. The van der Waals surface area contributed by atoms with Gasteiger partial charge in [0.15, 0.2) is 0 Å². The highest BCUT2D eigenvalue weighted by molar-refractivity contribution is 5.57. The Morgan fingerprint density at radius 2 is 1.88 bits per heavy atom. The summed E-state index contributed by atoms with van der Waals surface area (Å²) in [6, 6.07) is 12.5. The van der Waals surface area contributed by atoms with Gasteiger partial charge in [0.2, 0.25) is 0 Å². The Morgan fingerprint density at radius 1 is 1.12 bits per heavy atom. The molecule has 0 atom stereocenters. The first-order valence-electron chi connectivity index (χ1n) is 4.92. The van der Waals surface area contributed by atoms with Crippen molar-refractivity contribution >= 4 is 5.69 Å². The third kappa shape index (κ3) is 2.52. The van der Waals surface area contributed by atoms with Gasteiger partial charge in [-0.2, -0.15) is 5.26 Å². The summed E-state index contributed by atoms with van der Waals surface area (Å²) in [4.78, 5) is 0. The molecule has 2 aromatic carbocycles. The van der Waals surface area contributed by atoms with Crippen LogP contribution in [0.2, 0.25) is 0 Å². The third-order valence-electron chi connectivity index (χ3n) is 2.18. The van der Waals surface area contributed by atoms with Crippen molar-refractivity contribution in [2.45, 2.75) is 0 Å².